The van der Waals surface area contributed by atoms with Crippen LogP contribution in [0, 0.1) is 17.2 Å². The van der Waals surface area contributed by atoms with Gasteiger partial charge in [0.2, 0.25) is 0 Å². The van der Waals surface area contributed by atoms with Crippen molar-refractivity contribution in [3.63, 3.8) is 0 Å². The fourth-order valence-electron chi connectivity index (χ4n) is 1.15. The maximum atomic E-state index is 12.4. The van der Waals surface area contributed by atoms with Gasteiger partial charge in [-0.1, -0.05) is 11.6 Å². The molecule has 0 fully saturated rings. The minimum atomic E-state index is -4.40. The zero-order chi connectivity index (χ0) is 13.1. The van der Waals surface area contributed by atoms with Gasteiger partial charge in [0, 0.05) is 6.54 Å². The van der Waals surface area contributed by atoms with E-state index in [1.165, 1.54) is 6.07 Å². The number of alkyl halides is 3. The van der Waals surface area contributed by atoms with E-state index in [1.54, 1.807) is 6.92 Å². The number of benzene rings is 1. The Morgan fingerprint density at radius 3 is 2.65 bits per heavy atom. The summed E-state index contributed by atoms with van der Waals surface area (Å²) in [4.78, 5) is 0. The van der Waals surface area contributed by atoms with E-state index in [4.69, 9.17) is 16.9 Å². The standard InChI is InChI=1S/C11H10ClF3N2/c1-7(5-16)6-17-10-4-8(11(13,14)15)2-3-9(10)12/h2-4,7,17H,6H2,1H3. The van der Waals surface area contributed by atoms with Crippen LogP contribution < -0.4 is 5.32 Å². The highest BCUT2D eigenvalue weighted by Gasteiger charge is 2.30. The zero-order valence-corrected chi connectivity index (χ0v) is 9.73. The predicted molar refractivity (Wildman–Crippen MR) is 59.7 cm³/mol. The minimum Gasteiger partial charge on any atom is -0.383 e. The van der Waals surface area contributed by atoms with E-state index >= 15 is 0 Å². The molecule has 1 unspecified atom stereocenters. The Hall–Kier alpha value is -1.41. The van der Waals surface area contributed by atoms with Crippen molar-refractivity contribution in [3.8, 4) is 6.07 Å². The van der Waals surface area contributed by atoms with Crippen LogP contribution in [0.25, 0.3) is 0 Å². The van der Waals surface area contributed by atoms with Gasteiger partial charge in [-0.05, 0) is 25.1 Å². The van der Waals surface area contributed by atoms with Crippen LogP contribution in [0.15, 0.2) is 18.2 Å². The quantitative estimate of drug-likeness (QED) is 0.896. The van der Waals surface area contributed by atoms with Crippen LogP contribution >= 0.6 is 11.6 Å². The molecule has 1 N–H and O–H groups in total. The largest absolute Gasteiger partial charge is 0.416 e. The van der Waals surface area contributed by atoms with Crippen molar-refractivity contribution >= 4 is 17.3 Å². The normalized spacial score (nSPS) is 12.9. The van der Waals surface area contributed by atoms with Crippen molar-refractivity contribution in [3.05, 3.63) is 28.8 Å². The number of nitriles is 1. The van der Waals surface area contributed by atoms with Gasteiger partial charge in [0.1, 0.15) is 0 Å². The molecule has 0 spiro atoms. The van der Waals surface area contributed by atoms with Crippen molar-refractivity contribution in [2.45, 2.75) is 13.1 Å². The number of halogens is 4. The van der Waals surface area contributed by atoms with Gasteiger partial charge >= 0.3 is 6.18 Å². The van der Waals surface area contributed by atoms with Gasteiger partial charge in [0.15, 0.2) is 0 Å². The molecule has 17 heavy (non-hydrogen) atoms. The molecule has 0 saturated carbocycles. The molecule has 0 aliphatic carbocycles. The summed E-state index contributed by atoms with van der Waals surface area (Å²) in [5.74, 6) is -0.305. The summed E-state index contributed by atoms with van der Waals surface area (Å²) in [6.45, 7) is 1.91. The molecule has 0 aliphatic heterocycles. The average molecular weight is 263 g/mol. The van der Waals surface area contributed by atoms with Crippen molar-refractivity contribution in [2.75, 3.05) is 11.9 Å². The second kappa shape index (κ2) is 5.28. The lowest BCUT2D eigenvalue weighted by Crippen LogP contribution is -2.11. The first-order valence-corrected chi connectivity index (χ1v) is 5.22. The summed E-state index contributed by atoms with van der Waals surface area (Å²) in [7, 11) is 0. The summed E-state index contributed by atoms with van der Waals surface area (Å²) >= 11 is 5.76. The van der Waals surface area contributed by atoms with E-state index in [0.717, 1.165) is 12.1 Å². The third-order valence-electron chi connectivity index (χ3n) is 2.11. The number of anilines is 1. The van der Waals surface area contributed by atoms with E-state index in [0.29, 0.717) is 0 Å². The smallest absolute Gasteiger partial charge is 0.383 e. The molecule has 1 aromatic carbocycles. The van der Waals surface area contributed by atoms with Crippen LogP contribution in [-0.4, -0.2) is 6.54 Å². The molecular formula is C11H10ClF3N2. The van der Waals surface area contributed by atoms with Gasteiger partial charge in [-0.2, -0.15) is 18.4 Å². The lowest BCUT2D eigenvalue weighted by atomic mass is 10.1. The molecule has 1 atom stereocenters. The maximum Gasteiger partial charge on any atom is 0.416 e. The molecule has 1 aromatic rings. The molecule has 0 aliphatic rings. The predicted octanol–water partition coefficient (Wildman–Crippen LogP) is 3.93. The van der Waals surface area contributed by atoms with Gasteiger partial charge in [-0.25, -0.2) is 0 Å². The van der Waals surface area contributed by atoms with E-state index in [9.17, 15) is 13.2 Å². The number of nitrogens with one attached hydrogen (secondary N) is 1. The van der Waals surface area contributed by atoms with Crippen molar-refractivity contribution in [1.82, 2.24) is 0 Å². The summed E-state index contributed by atoms with van der Waals surface area (Å²) < 4.78 is 37.3. The van der Waals surface area contributed by atoms with Gasteiger partial charge < -0.3 is 5.32 Å². The number of nitrogens with zero attached hydrogens (tertiary/aromatic N) is 1. The Morgan fingerprint density at radius 1 is 1.47 bits per heavy atom. The second-order valence-electron chi connectivity index (χ2n) is 3.60. The highest BCUT2D eigenvalue weighted by atomic mass is 35.5. The zero-order valence-electron chi connectivity index (χ0n) is 8.98. The third kappa shape index (κ3) is 3.82. The first kappa shape index (κ1) is 13.7. The summed E-state index contributed by atoms with van der Waals surface area (Å²) in [6, 6.07) is 5.01. The fraction of sp³-hybridized carbons (Fsp3) is 0.364. The van der Waals surface area contributed by atoms with Crippen molar-refractivity contribution < 1.29 is 13.2 Å². The summed E-state index contributed by atoms with van der Waals surface area (Å²) in [6.07, 6.45) is -4.40. The second-order valence-corrected chi connectivity index (χ2v) is 4.01. The Labute approximate surface area is 102 Å². The van der Waals surface area contributed by atoms with Gasteiger partial charge in [0.05, 0.1) is 28.3 Å². The monoisotopic (exact) mass is 262 g/mol. The van der Waals surface area contributed by atoms with Crippen LogP contribution in [-0.2, 0) is 6.18 Å². The minimum absolute atomic E-state index is 0.184. The van der Waals surface area contributed by atoms with Gasteiger partial charge in [-0.15, -0.1) is 0 Å². The Kier molecular flexibility index (Phi) is 4.24. The van der Waals surface area contributed by atoms with Crippen molar-refractivity contribution in [2.24, 2.45) is 5.92 Å². The molecule has 0 radical (unpaired) electrons. The SMILES string of the molecule is CC(C#N)CNc1cc(C(F)(F)F)ccc1Cl. The Morgan fingerprint density at radius 2 is 2.12 bits per heavy atom. The lowest BCUT2D eigenvalue weighted by molar-refractivity contribution is -0.137. The van der Waals surface area contributed by atoms with Crippen LogP contribution in [0.3, 0.4) is 0 Å². The topological polar surface area (TPSA) is 35.8 Å². The van der Waals surface area contributed by atoms with Crippen LogP contribution in [0.1, 0.15) is 12.5 Å². The average Bonchev–Trinajstić information content (AvgIpc) is 2.26. The molecule has 0 bridgehead atoms. The molecule has 2 nitrogen and oxygen atoms in total. The number of hydrogen-bond donors (Lipinski definition) is 1. The van der Waals surface area contributed by atoms with E-state index in [-0.39, 0.29) is 23.2 Å². The van der Waals surface area contributed by atoms with Crippen LogP contribution in [0.4, 0.5) is 18.9 Å². The van der Waals surface area contributed by atoms with Crippen LogP contribution in [0.5, 0.6) is 0 Å². The third-order valence-corrected chi connectivity index (χ3v) is 2.44. The van der Waals surface area contributed by atoms with E-state index < -0.39 is 11.7 Å². The molecule has 0 aromatic heterocycles. The first-order valence-electron chi connectivity index (χ1n) is 4.85. The molecule has 0 heterocycles. The van der Waals surface area contributed by atoms with E-state index in [1.807, 2.05) is 6.07 Å². The molecule has 92 valence electrons. The molecule has 6 heteroatoms. The molecule has 0 saturated heterocycles. The Balaban J connectivity index is 2.89. The lowest BCUT2D eigenvalue weighted by Gasteiger charge is -2.12. The summed E-state index contributed by atoms with van der Waals surface area (Å²) in [5.41, 5.74) is -0.586. The number of rotatable bonds is 3. The number of hydrogen-bond acceptors (Lipinski definition) is 2. The molecular weight excluding hydrogens is 253 g/mol. The maximum absolute atomic E-state index is 12.4. The summed E-state index contributed by atoms with van der Waals surface area (Å²) in [5, 5.41) is 11.5. The fourth-order valence-corrected chi connectivity index (χ4v) is 1.33. The molecule has 1 rings (SSSR count). The highest BCUT2D eigenvalue weighted by Crippen LogP contribution is 2.33. The van der Waals surface area contributed by atoms with Gasteiger partial charge in [0.25, 0.3) is 0 Å². The van der Waals surface area contributed by atoms with E-state index in [2.05, 4.69) is 5.32 Å². The van der Waals surface area contributed by atoms with Crippen molar-refractivity contribution in [1.29, 1.82) is 5.26 Å². The Bertz CT molecular complexity index is 437. The van der Waals surface area contributed by atoms with Crippen LogP contribution in [0.2, 0.25) is 5.02 Å². The first-order chi connectivity index (χ1) is 7.84. The van der Waals surface area contributed by atoms with Gasteiger partial charge in [-0.3, -0.25) is 0 Å². The highest BCUT2D eigenvalue weighted by molar-refractivity contribution is 6.33. The molecule has 0 amide bonds.